The number of likely N-dealkylation sites (N-methyl/N-ethyl adjacent to an activating group) is 2. The molecule has 1 aliphatic heterocycles. The molecule has 1 aliphatic rings. The third-order valence-corrected chi connectivity index (χ3v) is 3.31. The molecule has 19 heavy (non-hydrogen) atoms. The van der Waals surface area contributed by atoms with Crippen molar-refractivity contribution in [2.45, 2.75) is 25.5 Å². The molecule has 0 amide bonds. The molecule has 2 heterocycles. The number of aromatic nitrogens is 2. The fraction of sp³-hybridized carbons (Fsp3) is 0.714. The van der Waals surface area contributed by atoms with Gasteiger partial charge in [-0.25, -0.2) is 9.97 Å². The third-order valence-electron chi connectivity index (χ3n) is 3.31. The van der Waals surface area contributed by atoms with Gasteiger partial charge in [-0.2, -0.15) is 0 Å². The van der Waals surface area contributed by atoms with Gasteiger partial charge in [0.2, 0.25) is 0 Å². The van der Waals surface area contributed by atoms with E-state index >= 15 is 0 Å². The lowest BCUT2D eigenvalue weighted by atomic mass is 10.2. The maximum absolute atomic E-state index is 5.63. The van der Waals surface area contributed by atoms with Crippen LogP contribution in [-0.4, -0.2) is 60.6 Å². The standard InChI is InChI=1S/C14H24N4O/c1-17(2)8-9-18(3)11-12-6-7-15-14(16-12)13-5-4-10-19-13/h6-7,13H,4-5,8-11H2,1-3H3. The van der Waals surface area contributed by atoms with Crippen LogP contribution in [0.5, 0.6) is 0 Å². The Labute approximate surface area is 115 Å². The molecule has 1 unspecified atom stereocenters. The maximum Gasteiger partial charge on any atom is 0.157 e. The molecule has 1 aromatic heterocycles. The Balaban J connectivity index is 1.91. The van der Waals surface area contributed by atoms with E-state index in [1.807, 2.05) is 12.3 Å². The van der Waals surface area contributed by atoms with Crippen LogP contribution in [0.25, 0.3) is 0 Å². The summed E-state index contributed by atoms with van der Waals surface area (Å²) in [5.41, 5.74) is 1.07. The SMILES string of the molecule is CN(C)CCN(C)Cc1ccnc(C2CCCO2)n1. The van der Waals surface area contributed by atoms with Gasteiger partial charge in [0.05, 0.1) is 5.69 Å². The van der Waals surface area contributed by atoms with Gasteiger partial charge in [-0.3, -0.25) is 4.90 Å². The maximum atomic E-state index is 5.63. The molecule has 106 valence electrons. The molecule has 1 aromatic rings. The van der Waals surface area contributed by atoms with Crippen LogP contribution in [0.4, 0.5) is 0 Å². The van der Waals surface area contributed by atoms with Gasteiger partial charge in [-0.15, -0.1) is 0 Å². The molecule has 0 saturated carbocycles. The van der Waals surface area contributed by atoms with Crippen LogP contribution in [0.15, 0.2) is 12.3 Å². The molecule has 0 radical (unpaired) electrons. The van der Waals surface area contributed by atoms with E-state index in [2.05, 4.69) is 40.9 Å². The fourth-order valence-corrected chi connectivity index (χ4v) is 2.16. The summed E-state index contributed by atoms with van der Waals surface area (Å²) in [7, 11) is 6.31. The Morgan fingerprint density at radius 3 is 2.84 bits per heavy atom. The molecule has 1 atom stereocenters. The Bertz CT molecular complexity index is 391. The third kappa shape index (κ3) is 4.53. The van der Waals surface area contributed by atoms with Gasteiger partial charge in [-0.05, 0) is 40.1 Å². The van der Waals surface area contributed by atoms with Crippen molar-refractivity contribution in [2.24, 2.45) is 0 Å². The first kappa shape index (κ1) is 14.4. The molecule has 0 aliphatic carbocycles. The lowest BCUT2D eigenvalue weighted by Crippen LogP contribution is -2.28. The minimum atomic E-state index is 0.104. The Hall–Kier alpha value is -1.04. The van der Waals surface area contributed by atoms with E-state index in [0.29, 0.717) is 0 Å². The molecule has 1 saturated heterocycles. The van der Waals surface area contributed by atoms with E-state index in [1.54, 1.807) is 0 Å². The van der Waals surface area contributed by atoms with Crippen LogP contribution in [0.3, 0.4) is 0 Å². The average Bonchev–Trinajstić information content (AvgIpc) is 2.90. The van der Waals surface area contributed by atoms with Crippen molar-refractivity contribution >= 4 is 0 Å². The molecule has 5 heteroatoms. The van der Waals surface area contributed by atoms with Crippen molar-refractivity contribution in [1.29, 1.82) is 0 Å². The van der Waals surface area contributed by atoms with Crippen molar-refractivity contribution < 1.29 is 4.74 Å². The van der Waals surface area contributed by atoms with Crippen LogP contribution in [0, 0.1) is 0 Å². The number of ether oxygens (including phenoxy) is 1. The van der Waals surface area contributed by atoms with Crippen LogP contribution < -0.4 is 0 Å². The minimum Gasteiger partial charge on any atom is -0.370 e. The molecule has 0 N–H and O–H groups in total. The van der Waals surface area contributed by atoms with Crippen molar-refractivity contribution in [3.8, 4) is 0 Å². The van der Waals surface area contributed by atoms with Crippen molar-refractivity contribution in [1.82, 2.24) is 19.8 Å². The highest BCUT2D eigenvalue weighted by Gasteiger charge is 2.20. The Morgan fingerprint density at radius 2 is 2.16 bits per heavy atom. The fourth-order valence-electron chi connectivity index (χ4n) is 2.16. The number of hydrogen-bond acceptors (Lipinski definition) is 5. The van der Waals surface area contributed by atoms with Gasteiger partial charge >= 0.3 is 0 Å². The Morgan fingerprint density at radius 1 is 1.32 bits per heavy atom. The second-order valence-electron chi connectivity index (χ2n) is 5.45. The van der Waals surface area contributed by atoms with E-state index < -0.39 is 0 Å². The summed E-state index contributed by atoms with van der Waals surface area (Å²) in [4.78, 5) is 13.4. The lowest BCUT2D eigenvalue weighted by Gasteiger charge is -2.19. The van der Waals surface area contributed by atoms with Crippen LogP contribution in [0.1, 0.15) is 30.5 Å². The molecular weight excluding hydrogens is 240 g/mol. The molecular formula is C14H24N4O. The van der Waals surface area contributed by atoms with Gasteiger partial charge in [0.25, 0.3) is 0 Å². The molecule has 0 aromatic carbocycles. The summed E-state index contributed by atoms with van der Waals surface area (Å²) in [5, 5.41) is 0. The zero-order valence-electron chi connectivity index (χ0n) is 12.2. The van der Waals surface area contributed by atoms with Gasteiger partial charge in [0.15, 0.2) is 5.82 Å². The van der Waals surface area contributed by atoms with Crippen molar-refractivity contribution in [3.63, 3.8) is 0 Å². The summed E-state index contributed by atoms with van der Waals surface area (Å²) in [6.45, 7) is 3.78. The largest absolute Gasteiger partial charge is 0.370 e. The smallest absolute Gasteiger partial charge is 0.157 e. The van der Waals surface area contributed by atoms with Crippen LogP contribution >= 0.6 is 0 Å². The van der Waals surface area contributed by atoms with Gasteiger partial charge in [0, 0.05) is 32.4 Å². The topological polar surface area (TPSA) is 41.5 Å². The van der Waals surface area contributed by atoms with E-state index in [1.165, 1.54) is 0 Å². The van der Waals surface area contributed by atoms with Crippen LogP contribution in [-0.2, 0) is 11.3 Å². The summed E-state index contributed by atoms with van der Waals surface area (Å²) in [6.07, 6.45) is 4.10. The summed E-state index contributed by atoms with van der Waals surface area (Å²) >= 11 is 0. The second-order valence-corrected chi connectivity index (χ2v) is 5.45. The predicted octanol–water partition coefficient (Wildman–Crippen LogP) is 1.32. The minimum absolute atomic E-state index is 0.104. The first-order chi connectivity index (χ1) is 9.15. The summed E-state index contributed by atoms with van der Waals surface area (Å²) < 4.78 is 5.63. The van der Waals surface area contributed by atoms with Gasteiger partial charge in [0.1, 0.15) is 6.10 Å². The molecule has 1 fully saturated rings. The van der Waals surface area contributed by atoms with Crippen molar-refractivity contribution in [3.05, 3.63) is 23.8 Å². The highest BCUT2D eigenvalue weighted by Crippen LogP contribution is 2.25. The quantitative estimate of drug-likeness (QED) is 0.775. The second kappa shape index (κ2) is 6.93. The molecule has 2 rings (SSSR count). The highest BCUT2D eigenvalue weighted by molar-refractivity contribution is 5.04. The number of nitrogens with zero attached hydrogens (tertiary/aromatic N) is 4. The molecule has 0 bridgehead atoms. The predicted molar refractivity (Wildman–Crippen MR) is 74.8 cm³/mol. The van der Waals surface area contributed by atoms with Gasteiger partial charge < -0.3 is 9.64 Å². The van der Waals surface area contributed by atoms with Gasteiger partial charge in [-0.1, -0.05) is 0 Å². The number of hydrogen-bond donors (Lipinski definition) is 0. The van der Waals surface area contributed by atoms with Crippen LogP contribution in [0.2, 0.25) is 0 Å². The lowest BCUT2D eigenvalue weighted by molar-refractivity contribution is 0.104. The molecule has 0 spiro atoms. The van der Waals surface area contributed by atoms with Crippen molar-refractivity contribution in [2.75, 3.05) is 40.8 Å². The highest BCUT2D eigenvalue weighted by atomic mass is 16.5. The van der Waals surface area contributed by atoms with E-state index in [0.717, 1.165) is 50.6 Å². The summed E-state index contributed by atoms with van der Waals surface area (Å²) in [5.74, 6) is 0.844. The van der Waals surface area contributed by atoms with E-state index in [4.69, 9.17) is 4.74 Å². The zero-order valence-corrected chi connectivity index (χ0v) is 12.2. The van der Waals surface area contributed by atoms with E-state index in [-0.39, 0.29) is 6.10 Å². The average molecular weight is 264 g/mol. The zero-order chi connectivity index (χ0) is 13.7. The first-order valence-electron chi connectivity index (χ1n) is 6.92. The monoisotopic (exact) mass is 264 g/mol. The normalized spacial score (nSPS) is 19.5. The number of rotatable bonds is 6. The van der Waals surface area contributed by atoms with E-state index in [9.17, 15) is 0 Å². The Kier molecular flexibility index (Phi) is 5.24. The summed E-state index contributed by atoms with van der Waals surface area (Å²) in [6, 6.07) is 1.99. The first-order valence-corrected chi connectivity index (χ1v) is 6.92. The molecule has 5 nitrogen and oxygen atoms in total.